The lowest BCUT2D eigenvalue weighted by Crippen LogP contribution is -2.22. The van der Waals surface area contributed by atoms with Gasteiger partial charge >= 0.3 is 0 Å². The van der Waals surface area contributed by atoms with Crippen LogP contribution in [0.1, 0.15) is 37.4 Å². The van der Waals surface area contributed by atoms with Gasteiger partial charge in [-0.1, -0.05) is 0 Å². The summed E-state index contributed by atoms with van der Waals surface area (Å²) in [5.41, 5.74) is -1.40. The molecule has 0 saturated heterocycles. The average molecular weight is 316 g/mol. The molecule has 2 aromatic rings. The van der Waals surface area contributed by atoms with Crippen LogP contribution in [0, 0.1) is 6.92 Å². The van der Waals surface area contributed by atoms with E-state index < -0.39 is 39.9 Å². The molecule has 7 nitrogen and oxygen atoms in total. The standard InChI is InChI=1S/C16H12O7/c1-5-7(17)3-6-10(13(5)19)16(22)12-11(14(6)20)8(18)4-9(23-2)15(12)21/h3-4,17-19,21H,1-2H3. The van der Waals surface area contributed by atoms with Crippen LogP contribution >= 0.6 is 0 Å². The van der Waals surface area contributed by atoms with Gasteiger partial charge in [0.1, 0.15) is 17.2 Å². The van der Waals surface area contributed by atoms with Crippen LogP contribution in [-0.4, -0.2) is 39.1 Å². The van der Waals surface area contributed by atoms with Gasteiger partial charge in [0.05, 0.1) is 23.8 Å². The van der Waals surface area contributed by atoms with E-state index in [-0.39, 0.29) is 28.2 Å². The lowest BCUT2D eigenvalue weighted by molar-refractivity contribution is 0.0970. The first-order chi connectivity index (χ1) is 10.8. The molecule has 23 heavy (non-hydrogen) atoms. The number of rotatable bonds is 1. The summed E-state index contributed by atoms with van der Waals surface area (Å²) in [5.74, 6) is -3.88. The number of hydrogen-bond donors (Lipinski definition) is 4. The Balaban J connectivity index is 2.43. The summed E-state index contributed by atoms with van der Waals surface area (Å²) in [6, 6.07) is 2.06. The van der Waals surface area contributed by atoms with Crippen LogP contribution in [-0.2, 0) is 0 Å². The van der Waals surface area contributed by atoms with Crippen LogP contribution in [0.5, 0.6) is 28.7 Å². The Morgan fingerprint density at radius 2 is 1.48 bits per heavy atom. The molecule has 0 amide bonds. The minimum Gasteiger partial charge on any atom is -0.508 e. The van der Waals surface area contributed by atoms with Crippen LogP contribution in [0.15, 0.2) is 12.1 Å². The third-order valence-corrected chi connectivity index (χ3v) is 3.92. The summed E-state index contributed by atoms with van der Waals surface area (Å²) >= 11 is 0. The summed E-state index contributed by atoms with van der Waals surface area (Å²) in [6.07, 6.45) is 0. The summed E-state index contributed by atoms with van der Waals surface area (Å²) in [4.78, 5) is 25.2. The molecule has 3 rings (SSSR count). The molecule has 1 aliphatic carbocycles. The van der Waals surface area contributed by atoms with E-state index in [0.29, 0.717) is 0 Å². The fraction of sp³-hybridized carbons (Fsp3) is 0.125. The van der Waals surface area contributed by atoms with Crippen LogP contribution in [0.4, 0.5) is 0 Å². The van der Waals surface area contributed by atoms with Gasteiger partial charge in [-0.05, 0) is 13.0 Å². The Kier molecular flexibility index (Phi) is 2.97. The highest BCUT2D eigenvalue weighted by Gasteiger charge is 2.38. The number of carbonyl (C=O) groups excluding carboxylic acids is 2. The summed E-state index contributed by atoms with van der Waals surface area (Å²) in [6.45, 7) is 1.38. The summed E-state index contributed by atoms with van der Waals surface area (Å²) in [7, 11) is 1.23. The zero-order chi connectivity index (χ0) is 17.0. The molecule has 1 aliphatic rings. The number of hydrogen-bond acceptors (Lipinski definition) is 7. The third-order valence-electron chi connectivity index (χ3n) is 3.92. The van der Waals surface area contributed by atoms with Gasteiger partial charge in [0.15, 0.2) is 17.3 Å². The molecule has 0 saturated carbocycles. The SMILES string of the molecule is COc1cc(O)c2c(c1O)C(=O)c1c(cc(O)c(C)c1O)C2=O. The van der Waals surface area contributed by atoms with E-state index in [4.69, 9.17) is 4.74 Å². The Hall–Kier alpha value is -3.22. The molecule has 0 heterocycles. The number of aromatic hydroxyl groups is 4. The first kappa shape index (κ1) is 14.7. The lowest BCUT2D eigenvalue weighted by atomic mass is 9.81. The number of phenolic OH excluding ortho intramolecular Hbond substituents is 4. The second-order valence-corrected chi connectivity index (χ2v) is 5.15. The second-order valence-electron chi connectivity index (χ2n) is 5.15. The Morgan fingerprint density at radius 1 is 0.826 bits per heavy atom. The highest BCUT2D eigenvalue weighted by atomic mass is 16.5. The molecule has 118 valence electrons. The highest BCUT2D eigenvalue weighted by Crippen LogP contribution is 2.46. The van der Waals surface area contributed by atoms with Crippen LogP contribution < -0.4 is 4.74 Å². The van der Waals surface area contributed by atoms with Gasteiger partial charge < -0.3 is 25.2 Å². The van der Waals surface area contributed by atoms with Gasteiger partial charge in [-0.25, -0.2) is 0 Å². The van der Waals surface area contributed by atoms with E-state index in [2.05, 4.69) is 0 Å². The van der Waals surface area contributed by atoms with Crippen molar-refractivity contribution in [1.29, 1.82) is 0 Å². The van der Waals surface area contributed by atoms with Crippen molar-refractivity contribution in [3.8, 4) is 28.7 Å². The van der Waals surface area contributed by atoms with E-state index in [1.807, 2.05) is 0 Å². The Bertz CT molecular complexity index is 896. The van der Waals surface area contributed by atoms with E-state index >= 15 is 0 Å². The number of ether oxygens (including phenoxy) is 1. The summed E-state index contributed by atoms with van der Waals surface area (Å²) < 4.78 is 4.86. The number of carbonyl (C=O) groups is 2. The van der Waals surface area contributed by atoms with Crippen LogP contribution in [0.2, 0.25) is 0 Å². The molecule has 0 bridgehead atoms. The van der Waals surface area contributed by atoms with Gasteiger partial charge in [0.25, 0.3) is 0 Å². The summed E-state index contributed by atoms with van der Waals surface area (Å²) in [5, 5.41) is 40.0. The van der Waals surface area contributed by atoms with Gasteiger partial charge in [-0.2, -0.15) is 0 Å². The molecule has 0 fully saturated rings. The van der Waals surface area contributed by atoms with E-state index in [1.165, 1.54) is 14.0 Å². The molecule has 0 aliphatic heterocycles. The average Bonchev–Trinajstić information content (AvgIpc) is 2.51. The molecule has 0 atom stereocenters. The zero-order valence-electron chi connectivity index (χ0n) is 12.2. The molecular formula is C16H12O7. The third kappa shape index (κ3) is 1.76. The highest BCUT2D eigenvalue weighted by molar-refractivity contribution is 6.31. The van der Waals surface area contributed by atoms with Crippen LogP contribution in [0.3, 0.4) is 0 Å². The molecular weight excluding hydrogens is 304 g/mol. The number of methoxy groups -OCH3 is 1. The van der Waals surface area contributed by atoms with Crippen molar-refractivity contribution in [3.63, 3.8) is 0 Å². The Labute approximate surface area is 130 Å². The fourth-order valence-electron chi connectivity index (χ4n) is 2.66. The van der Waals surface area contributed by atoms with Gasteiger partial charge in [-0.15, -0.1) is 0 Å². The Morgan fingerprint density at radius 3 is 2.09 bits per heavy atom. The molecule has 4 N–H and O–H groups in total. The van der Waals surface area contributed by atoms with Crippen LogP contribution in [0.25, 0.3) is 0 Å². The molecule has 0 radical (unpaired) electrons. The fourth-order valence-corrected chi connectivity index (χ4v) is 2.66. The van der Waals surface area contributed by atoms with Crippen molar-refractivity contribution in [2.24, 2.45) is 0 Å². The maximum Gasteiger partial charge on any atom is 0.202 e. The minimum atomic E-state index is -0.845. The lowest BCUT2D eigenvalue weighted by Gasteiger charge is -2.22. The largest absolute Gasteiger partial charge is 0.508 e. The van der Waals surface area contributed by atoms with E-state index in [1.54, 1.807) is 0 Å². The van der Waals surface area contributed by atoms with Gasteiger partial charge in [0, 0.05) is 17.2 Å². The maximum atomic E-state index is 12.7. The first-order valence-corrected chi connectivity index (χ1v) is 6.57. The zero-order valence-corrected chi connectivity index (χ0v) is 12.2. The van der Waals surface area contributed by atoms with Crippen molar-refractivity contribution in [2.75, 3.05) is 7.11 Å². The van der Waals surface area contributed by atoms with Crippen molar-refractivity contribution in [3.05, 3.63) is 39.9 Å². The number of fused-ring (bicyclic) bond motifs is 2. The predicted molar refractivity (Wildman–Crippen MR) is 77.7 cm³/mol. The topological polar surface area (TPSA) is 124 Å². The quantitative estimate of drug-likeness (QED) is 0.503. The molecule has 0 unspecified atom stereocenters. The smallest absolute Gasteiger partial charge is 0.202 e. The van der Waals surface area contributed by atoms with Crippen molar-refractivity contribution in [2.45, 2.75) is 6.92 Å². The molecule has 0 spiro atoms. The second kappa shape index (κ2) is 4.64. The van der Waals surface area contributed by atoms with E-state index in [0.717, 1.165) is 12.1 Å². The number of phenols is 4. The van der Waals surface area contributed by atoms with Crippen molar-refractivity contribution in [1.82, 2.24) is 0 Å². The first-order valence-electron chi connectivity index (χ1n) is 6.57. The maximum absolute atomic E-state index is 12.7. The molecule has 7 heteroatoms. The van der Waals surface area contributed by atoms with Gasteiger partial charge in [-0.3, -0.25) is 9.59 Å². The van der Waals surface area contributed by atoms with Crippen molar-refractivity contribution >= 4 is 11.6 Å². The number of ketones is 2. The predicted octanol–water partition coefficient (Wildman–Crippen LogP) is 1.60. The van der Waals surface area contributed by atoms with Gasteiger partial charge in [0.2, 0.25) is 5.78 Å². The molecule has 2 aromatic carbocycles. The van der Waals surface area contributed by atoms with Crippen molar-refractivity contribution < 1.29 is 34.8 Å². The normalized spacial score (nSPS) is 12.8. The monoisotopic (exact) mass is 316 g/mol. The minimum absolute atomic E-state index is 0.0277. The van der Waals surface area contributed by atoms with E-state index in [9.17, 15) is 30.0 Å². The number of benzene rings is 2. The molecule has 0 aromatic heterocycles.